The van der Waals surface area contributed by atoms with E-state index < -0.39 is 17.2 Å². The molecule has 2 nitrogen and oxygen atoms in total. The van der Waals surface area contributed by atoms with Gasteiger partial charge in [0.1, 0.15) is 0 Å². The maximum atomic E-state index is 11.7. The molecule has 0 rings (SSSR count). The Bertz CT molecular complexity index is 64.8. The van der Waals surface area contributed by atoms with Gasteiger partial charge in [0.2, 0.25) is 0 Å². The van der Waals surface area contributed by atoms with Crippen molar-refractivity contribution in [2.45, 2.75) is 3.93 Å². The summed E-state index contributed by atoms with van der Waals surface area (Å²) in [4.78, 5) is 0. The normalized spacial score (nSPS) is 12.0. The topological polar surface area (TPSA) is 32.3 Å². The van der Waals surface area contributed by atoms with Gasteiger partial charge in [-0.1, -0.05) is 0 Å². The van der Waals surface area contributed by atoms with Gasteiger partial charge in [0.15, 0.2) is 0 Å². The summed E-state index contributed by atoms with van der Waals surface area (Å²) in [5.74, 6) is 0. The summed E-state index contributed by atoms with van der Waals surface area (Å²) in [5.41, 5.74) is 0. The van der Waals surface area contributed by atoms with E-state index in [0.717, 1.165) is 22.6 Å². The number of aliphatic hydroxyl groups excluding tert-OH is 1. The van der Waals surface area contributed by atoms with Crippen LogP contribution in [0.5, 0.6) is 0 Å². The van der Waals surface area contributed by atoms with Crippen LogP contribution in [0.15, 0.2) is 0 Å². The molecular weight excluding hydrogens is 231 g/mol. The average molecular weight is 237 g/mol. The number of hydrogen-bond acceptors (Lipinski definition) is 2. The van der Waals surface area contributed by atoms with E-state index in [0.29, 0.717) is 0 Å². The Kier molecular flexibility index (Phi) is 3.74. The maximum Gasteiger partial charge on any atom is 0.308 e. The minimum Gasteiger partial charge on any atom is -0.381 e. The van der Waals surface area contributed by atoms with E-state index in [2.05, 4.69) is 5.32 Å². The third-order valence-corrected chi connectivity index (χ3v) is 0.819. The fraction of sp³-hybridized carbons (Fsp3) is 1.00. The molecule has 0 heterocycles. The summed E-state index contributed by atoms with van der Waals surface area (Å²) < 4.78 is 20.7. The van der Waals surface area contributed by atoms with Crippen molar-refractivity contribution in [2.75, 3.05) is 13.3 Å². The average Bonchev–Trinajstić information content (AvgIpc) is 1.59. The molecule has 5 heteroatoms. The van der Waals surface area contributed by atoms with E-state index in [1.165, 1.54) is 0 Å². The lowest BCUT2D eigenvalue weighted by molar-refractivity contribution is 0.112. The van der Waals surface area contributed by atoms with Gasteiger partial charge in [-0.25, -0.2) is 0 Å². The molecule has 2 N–H and O–H groups in total. The predicted molar refractivity (Wildman–Crippen MR) is 34.1 cm³/mol. The fourth-order valence-corrected chi connectivity index (χ4v) is 0.467. The first-order valence-electron chi connectivity index (χ1n) is 1.94. The van der Waals surface area contributed by atoms with Gasteiger partial charge in [-0.15, -0.1) is 0 Å². The zero-order chi connectivity index (χ0) is 6.62. The van der Waals surface area contributed by atoms with Crippen LogP contribution in [0.25, 0.3) is 0 Å². The van der Waals surface area contributed by atoms with Crippen LogP contribution in [0.4, 0.5) is 8.78 Å². The number of halogens is 3. The van der Waals surface area contributed by atoms with Crippen LogP contribution in [-0.2, 0) is 0 Å². The molecule has 8 heavy (non-hydrogen) atoms. The van der Waals surface area contributed by atoms with Crippen LogP contribution in [0, 0.1) is 0 Å². The molecule has 0 fully saturated rings. The van der Waals surface area contributed by atoms with Gasteiger partial charge in [-0.2, -0.15) is 8.78 Å². The van der Waals surface area contributed by atoms with E-state index in [1.54, 1.807) is 0 Å². The molecule has 0 unspecified atom stereocenters. The smallest absolute Gasteiger partial charge is 0.308 e. The summed E-state index contributed by atoms with van der Waals surface area (Å²) in [6.07, 6.45) is 0. The Labute approximate surface area is 59.4 Å². The van der Waals surface area contributed by atoms with Crippen molar-refractivity contribution in [3.05, 3.63) is 0 Å². The highest BCUT2D eigenvalue weighted by Gasteiger charge is 2.21. The monoisotopic (exact) mass is 237 g/mol. The van der Waals surface area contributed by atoms with Gasteiger partial charge in [0.25, 0.3) is 0 Å². The van der Waals surface area contributed by atoms with Gasteiger partial charge < -0.3 is 5.11 Å². The van der Waals surface area contributed by atoms with Crippen LogP contribution in [0.2, 0.25) is 0 Å². The molecule has 0 atom stereocenters. The summed E-state index contributed by atoms with van der Waals surface area (Å²) in [7, 11) is 0. The molecule has 0 aromatic heterocycles. The second kappa shape index (κ2) is 3.52. The molecule has 0 aromatic rings. The molecule has 0 saturated carbocycles. The van der Waals surface area contributed by atoms with Crippen LogP contribution >= 0.6 is 22.6 Å². The molecule has 0 spiro atoms. The van der Waals surface area contributed by atoms with E-state index in [-0.39, 0.29) is 0 Å². The van der Waals surface area contributed by atoms with Crippen molar-refractivity contribution < 1.29 is 13.9 Å². The van der Waals surface area contributed by atoms with Crippen LogP contribution < -0.4 is 5.32 Å². The molecule has 0 aromatic carbocycles. The second-order valence-electron chi connectivity index (χ2n) is 1.20. The van der Waals surface area contributed by atoms with Crippen LogP contribution in [0.1, 0.15) is 0 Å². The first-order chi connectivity index (χ1) is 3.56. The van der Waals surface area contributed by atoms with Crippen molar-refractivity contribution in [1.29, 1.82) is 0 Å². The summed E-state index contributed by atoms with van der Waals surface area (Å²) >= 11 is 0.993. The van der Waals surface area contributed by atoms with Crippen molar-refractivity contribution in [3.8, 4) is 0 Å². The number of alkyl halides is 3. The molecule has 0 bridgehead atoms. The van der Waals surface area contributed by atoms with E-state index in [9.17, 15) is 8.78 Å². The minimum absolute atomic E-state index is 0.404. The van der Waals surface area contributed by atoms with Gasteiger partial charge in [0.05, 0.1) is 13.3 Å². The second-order valence-corrected chi connectivity index (χ2v) is 2.78. The SMILES string of the molecule is OCNCC(F)(F)I. The first-order valence-corrected chi connectivity index (χ1v) is 3.02. The number of nitrogens with one attached hydrogen (secondary N) is 1. The largest absolute Gasteiger partial charge is 0.381 e. The Balaban J connectivity index is 3.11. The molecule has 0 aliphatic rings. The zero-order valence-electron chi connectivity index (χ0n) is 4.00. The van der Waals surface area contributed by atoms with Gasteiger partial charge in [-0.3, -0.25) is 5.32 Å². The molecule has 0 aliphatic carbocycles. The Morgan fingerprint density at radius 2 is 2.12 bits per heavy atom. The number of hydrogen-bond donors (Lipinski definition) is 2. The minimum atomic E-state index is -2.75. The van der Waals surface area contributed by atoms with Gasteiger partial charge in [-0.05, 0) is 0 Å². The Morgan fingerprint density at radius 3 is 2.25 bits per heavy atom. The molecule has 50 valence electrons. The lowest BCUT2D eigenvalue weighted by atomic mass is 10.7. The lowest BCUT2D eigenvalue weighted by Crippen LogP contribution is -2.27. The summed E-state index contributed by atoms with van der Waals surface area (Å²) in [6, 6.07) is 0. The van der Waals surface area contributed by atoms with Crippen molar-refractivity contribution >= 4 is 22.6 Å². The number of rotatable bonds is 3. The van der Waals surface area contributed by atoms with Crippen LogP contribution in [-0.4, -0.2) is 22.3 Å². The lowest BCUT2D eigenvalue weighted by Gasteiger charge is -2.06. The maximum absolute atomic E-state index is 11.7. The van der Waals surface area contributed by atoms with Crippen molar-refractivity contribution in [3.63, 3.8) is 0 Å². The molecular formula is C3H6F2INO. The predicted octanol–water partition coefficient (Wildman–Crippen LogP) is 0.554. The highest BCUT2D eigenvalue weighted by atomic mass is 127. The third kappa shape index (κ3) is 6.51. The molecule has 0 aliphatic heterocycles. The van der Waals surface area contributed by atoms with E-state index in [1.807, 2.05) is 0 Å². The Hall–Kier alpha value is 0.510. The highest BCUT2D eigenvalue weighted by molar-refractivity contribution is 14.1. The Morgan fingerprint density at radius 1 is 1.62 bits per heavy atom. The number of aliphatic hydroxyl groups is 1. The van der Waals surface area contributed by atoms with Crippen LogP contribution in [0.3, 0.4) is 0 Å². The summed E-state index contributed by atoms with van der Waals surface area (Å²) in [6.45, 7) is -0.886. The van der Waals surface area contributed by atoms with Gasteiger partial charge in [0, 0.05) is 22.6 Å². The molecule has 0 amide bonds. The van der Waals surface area contributed by atoms with Crippen molar-refractivity contribution in [2.24, 2.45) is 0 Å². The van der Waals surface area contributed by atoms with Crippen molar-refractivity contribution in [1.82, 2.24) is 5.32 Å². The third-order valence-electron chi connectivity index (χ3n) is 0.437. The van der Waals surface area contributed by atoms with E-state index in [4.69, 9.17) is 5.11 Å². The van der Waals surface area contributed by atoms with Gasteiger partial charge >= 0.3 is 3.93 Å². The molecule has 0 saturated heterocycles. The molecule has 0 radical (unpaired) electrons. The standard InChI is InChI=1S/C3H6F2INO/c4-3(5,6)1-7-2-8/h7-8H,1-2H2. The summed E-state index contributed by atoms with van der Waals surface area (Å²) in [5, 5.41) is 10.1. The quantitative estimate of drug-likeness (QED) is 0.427. The zero-order valence-corrected chi connectivity index (χ0v) is 6.15. The van der Waals surface area contributed by atoms with E-state index >= 15 is 0 Å². The highest BCUT2D eigenvalue weighted by Crippen LogP contribution is 2.20. The fourth-order valence-electron chi connectivity index (χ4n) is 0.198. The first kappa shape index (κ1) is 8.51.